The Morgan fingerprint density at radius 3 is 2.63 bits per heavy atom. The summed E-state index contributed by atoms with van der Waals surface area (Å²) in [5, 5.41) is 0. The van der Waals surface area contributed by atoms with E-state index in [0.717, 1.165) is 36.0 Å². The summed E-state index contributed by atoms with van der Waals surface area (Å²) in [5.74, 6) is -0.821. The zero-order valence-corrected chi connectivity index (χ0v) is 16.5. The molecule has 1 aromatic carbocycles. The van der Waals surface area contributed by atoms with Gasteiger partial charge < -0.3 is 9.64 Å². The molecule has 2 aliphatic rings. The van der Waals surface area contributed by atoms with Crippen molar-refractivity contribution >= 4 is 21.6 Å². The number of carbonyl (C=O) groups is 1. The van der Waals surface area contributed by atoms with Crippen molar-refractivity contribution in [1.29, 1.82) is 0 Å². The summed E-state index contributed by atoms with van der Waals surface area (Å²) in [7, 11) is -1.67. The second-order valence-electron chi connectivity index (χ2n) is 7.32. The van der Waals surface area contributed by atoms with E-state index in [1.165, 1.54) is 18.2 Å². The minimum Gasteiger partial charge on any atom is -0.381 e. The van der Waals surface area contributed by atoms with Gasteiger partial charge in [-0.3, -0.25) is 14.0 Å². The van der Waals surface area contributed by atoms with E-state index in [4.69, 9.17) is 4.74 Å². The van der Waals surface area contributed by atoms with Crippen molar-refractivity contribution in [3.63, 3.8) is 0 Å². The Morgan fingerprint density at radius 2 is 2.00 bits per heavy atom. The van der Waals surface area contributed by atoms with Gasteiger partial charge in [0.1, 0.15) is 12.4 Å². The zero-order valence-electron chi connectivity index (χ0n) is 15.7. The van der Waals surface area contributed by atoms with Gasteiger partial charge in [-0.2, -0.15) is 0 Å². The summed E-state index contributed by atoms with van der Waals surface area (Å²) in [5.41, 5.74) is 0.0294. The average Bonchev–Trinajstić information content (AvgIpc) is 2.61. The van der Waals surface area contributed by atoms with Gasteiger partial charge in [-0.15, -0.1) is 0 Å². The van der Waals surface area contributed by atoms with Crippen LogP contribution < -0.4 is 4.31 Å². The molecule has 7 nitrogen and oxygen atoms in total. The van der Waals surface area contributed by atoms with Gasteiger partial charge in [0.25, 0.3) is 0 Å². The van der Waals surface area contributed by atoms with Gasteiger partial charge in [0.2, 0.25) is 15.9 Å². The van der Waals surface area contributed by atoms with E-state index in [1.54, 1.807) is 4.90 Å². The standard InChI is InChI=1S/C18H26FN3O4S/c1-20-8-9-21(14-18(20)6-10-26-11-7-18)17(23)13-22(27(2,24)25)16-5-3-4-15(19)12-16/h3-5,12H,6-11,13-14H2,1-2H3. The number of sulfonamides is 1. The van der Waals surface area contributed by atoms with E-state index >= 15 is 0 Å². The van der Waals surface area contributed by atoms with Gasteiger partial charge in [-0.1, -0.05) is 6.07 Å². The molecule has 2 fully saturated rings. The normalized spacial score (nSPS) is 20.6. The van der Waals surface area contributed by atoms with Crippen LogP contribution in [0.25, 0.3) is 0 Å². The van der Waals surface area contributed by atoms with Crippen LogP contribution in [-0.2, 0) is 19.6 Å². The summed E-state index contributed by atoms with van der Waals surface area (Å²) in [6.07, 6.45) is 2.70. The molecule has 1 amide bonds. The summed E-state index contributed by atoms with van der Waals surface area (Å²) in [6.45, 7) is 2.80. The van der Waals surface area contributed by atoms with Crippen LogP contribution in [0, 0.1) is 5.82 Å². The number of benzene rings is 1. The number of likely N-dealkylation sites (N-methyl/N-ethyl adjacent to an activating group) is 1. The van der Waals surface area contributed by atoms with Gasteiger partial charge in [0.15, 0.2) is 0 Å². The third kappa shape index (κ3) is 4.41. The first-order valence-corrected chi connectivity index (χ1v) is 10.9. The van der Waals surface area contributed by atoms with Crippen LogP contribution >= 0.6 is 0 Å². The molecule has 2 aliphatic heterocycles. The fraction of sp³-hybridized carbons (Fsp3) is 0.611. The Kier molecular flexibility index (Phi) is 5.73. The van der Waals surface area contributed by atoms with Crippen molar-refractivity contribution < 1.29 is 22.3 Å². The fourth-order valence-electron chi connectivity index (χ4n) is 3.82. The van der Waals surface area contributed by atoms with Crippen molar-refractivity contribution in [2.75, 3.05) is 57.0 Å². The second-order valence-corrected chi connectivity index (χ2v) is 9.23. The van der Waals surface area contributed by atoms with Crippen LogP contribution in [0.15, 0.2) is 24.3 Å². The lowest BCUT2D eigenvalue weighted by Gasteiger charge is -2.51. The number of carbonyl (C=O) groups excluding carboxylic acids is 1. The lowest BCUT2D eigenvalue weighted by atomic mass is 9.86. The molecule has 0 unspecified atom stereocenters. The monoisotopic (exact) mass is 399 g/mol. The molecule has 0 saturated carbocycles. The highest BCUT2D eigenvalue weighted by atomic mass is 32.2. The third-order valence-corrected chi connectivity index (χ3v) is 6.69. The van der Waals surface area contributed by atoms with E-state index in [2.05, 4.69) is 11.9 Å². The van der Waals surface area contributed by atoms with Crippen LogP contribution in [0.1, 0.15) is 12.8 Å². The number of ether oxygens (including phenoxy) is 1. The van der Waals surface area contributed by atoms with Gasteiger partial charge >= 0.3 is 0 Å². The van der Waals surface area contributed by atoms with Crippen LogP contribution in [0.4, 0.5) is 10.1 Å². The number of hydrogen-bond donors (Lipinski definition) is 0. The largest absolute Gasteiger partial charge is 0.381 e. The highest BCUT2D eigenvalue weighted by Crippen LogP contribution is 2.31. The van der Waals surface area contributed by atoms with Gasteiger partial charge in [0, 0.05) is 38.4 Å². The maximum absolute atomic E-state index is 13.6. The number of piperazine rings is 1. The molecule has 3 rings (SSSR count). The molecule has 9 heteroatoms. The number of anilines is 1. The summed E-state index contributed by atoms with van der Waals surface area (Å²) in [4.78, 5) is 16.9. The molecule has 0 aromatic heterocycles. The van der Waals surface area contributed by atoms with Crippen molar-refractivity contribution in [3.05, 3.63) is 30.1 Å². The molecule has 27 heavy (non-hydrogen) atoms. The maximum atomic E-state index is 13.6. The van der Waals surface area contributed by atoms with Crippen LogP contribution in [0.5, 0.6) is 0 Å². The molecule has 1 aromatic rings. The Bertz CT molecular complexity index is 796. The predicted octanol–water partition coefficient (Wildman–Crippen LogP) is 0.915. The zero-order chi connectivity index (χ0) is 19.7. The van der Waals surface area contributed by atoms with Crippen molar-refractivity contribution in [2.24, 2.45) is 0 Å². The number of nitrogens with zero attached hydrogens (tertiary/aromatic N) is 3. The van der Waals surface area contributed by atoms with Gasteiger partial charge in [-0.05, 0) is 38.1 Å². The van der Waals surface area contributed by atoms with Crippen LogP contribution in [-0.4, -0.2) is 82.4 Å². The summed E-state index contributed by atoms with van der Waals surface area (Å²) in [6, 6.07) is 5.28. The molecule has 0 N–H and O–H groups in total. The first-order chi connectivity index (χ1) is 12.7. The lowest BCUT2D eigenvalue weighted by molar-refractivity contribution is -0.138. The second kappa shape index (κ2) is 7.73. The molecular weight excluding hydrogens is 373 g/mol. The fourth-order valence-corrected chi connectivity index (χ4v) is 4.66. The third-order valence-electron chi connectivity index (χ3n) is 5.55. The molecule has 150 valence electrons. The Balaban J connectivity index is 1.78. The maximum Gasteiger partial charge on any atom is 0.243 e. The Morgan fingerprint density at radius 1 is 1.30 bits per heavy atom. The number of rotatable bonds is 4. The smallest absolute Gasteiger partial charge is 0.243 e. The molecule has 0 bridgehead atoms. The molecule has 1 spiro atoms. The van der Waals surface area contributed by atoms with Gasteiger partial charge in [-0.25, -0.2) is 12.8 Å². The van der Waals surface area contributed by atoms with Crippen molar-refractivity contribution in [1.82, 2.24) is 9.80 Å². The van der Waals surface area contributed by atoms with E-state index in [-0.39, 0.29) is 23.7 Å². The number of hydrogen-bond acceptors (Lipinski definition) is 5. The molecule has 0 radical (unpaired) electrons. The summed E-state index contributed by atoms with van der Waals surface area (Å²) < 4.78 is 44.4. The van der Waals surface area contributed by atoms with Crippen LogP contribution in [0.2, 0.25) is 0 Å². The van der Waals surface area contributed by atoms with E-state index in [1.807, 2.05) is 0 Å². The summed E-state index contributed by atoms with van der Waals surface area (Å²) >= 11 is 0. The van der Waals surface area contributed by atoms with E-state index < -0.39 is 15.8 Å². The molecular formula is C18H26FN3O4S. The quantitative estimate of drug-likeness (QED) is 0.753. The van der Waals surface area contributed by atoms with Gasteiger partial charge in [0.05, 0.1) is 11.9 Å². The predicted molar refractivity (Wildman–Crippen MR) is 101 cm³/mol. The van der Waals surface area contributed by atoms with E-state index in [0.29, 0.717) is 26.3 Å². The highest BCUT2D eigenvalue weighted by Gasteiger charge is 2.42. The minimum atomic E-state index is -3.72. The molecule has 2 saturated heterocycles. The average molecular weight is 399 g/mol. The topological polar surface area (TPSA) is 70.2 Å². The molecule has 2 heterocycles. The van der Waals surface area contributed by atoms with Crippen molar-refractivity contribution in [2.45, 2.75) is 18.4 Å². The first-order valence-electron chi connectivity index (χ1n) is 9.01. The highest BCUT2D eigenvalue weighted by molar-refractivity contribution is 7.92. The lowest BCUT2D eigenvalue weighted by Crippen LogP contribution is -2.64. The van der Waals surface area contributed by atoms with Crippen LogP contribution in [0.3, 0.4) is 0 Å². The minimum absolute atomic E-state index is 0.124. The molecule has 0 aliphatic carbocycles. The van der Waals surface area contributed by atoms with E-state index in [9.17, 15) is 17.6 Å². The Hall–Kier alpha value is -1.71. The first kappa shape index (κ1) is 20.0. The Labute approximate surface area is 159 Å². The van der Waals surface area contributed by atoms with Crippen molar-refractivity contribution in [3.8, 4) is 0 Å². The number of amides is 1. The number of halogens is 1. The molecule has 0 atom stereocenters. The SMILES string of the molecule is CN1CCN(C(=O)CN(c2cccc(F)c2)S(C)(=O)=O)CC12CCOCC2.